The van der Waals surface area contributed by atoms with Crippen molar-refractivity contribution >= 4 is 34.9 Å². The number of phenolic OH excluding ortho intramolecular Hbond substituents is 1. The molecule has 0 aliphatic carbocycles. The molecule has 0 saturated heterocycles. The molecule has 4 aromatic rings. The fourth-order valence-electron chi connectivity index (χ4n) is 3.12. The number of aromatic hydroxyl groups is 1. The third-order valence-electron chi connectivity index (χ3n) is 4.58. The first-order chi connectivity index (χ1) is 14.8. The molecule has 0 unspecified atom stereocenters. The molecule has 0 radical (unpaired) electrons. The molecule has 2 heterocycles. The number of anilines is 1. The highest BCUT2D eigenvalue weighted by atomic mass is 35.5. The monoisotopic (exact) mass is 456 g/mol. The zero-order valence-electron chi connectivity index (χ0n) is 16.1. The zero-order valence-corrected chi connectivity index (χ0v) is 17.6. The summed E-state index contributed by atoms with van der Waals surface area (Å²) in [5.74, 6) is -0.723. The summed E-state index contributed by atoms with van der Waals surface area (Å²) < 4.78 is 14.7. The van der Waals surface area contributed by atoms with Gasteiger partial charge in [-0.1, -0.05) is 23.2 Å². The molecule has 6 nitrogen and oxygen atoms in total. The van der Waals surface area contributed by atoms with Gasteiger partial charge >= 0.3 is 0 Å². The molecule has 31 heavy (non-hydrogen) atoms. The largest absolute Gasteiger partial charge is 0.508 e. The quantitative estimate of drug-likeness (QED) is 0.415. The average Bonchev–Trinajstić information content (AvgIpc) is 3.07. The third kappa shape index (κ3) is 4.23. The summed E-state index contributed by atoms with van der Waals surface area (Å²) >= 11 is 12.4. The lowest BCUT2D eigenvalue weighted by Crippen LogP contribution is -2.15. The highest BCUT2D eigenvalue weighted by Gasteiger charge is 2.23. The standard InChI is InChI=1S/C22H15Cl2FN4O2/c1-12-20(22(31)27-19-9-5-15(25)11-26-19)28-29(18-8-4-14(23)10-17(18)24)21(12)13-2-6-16(30)7-3-13/h2-11,30H,1H3,(H,26,27,31). The molecule has 2 N–H and O–H groups in total. The number of carbonyl (C=O) groups excluding carboxylic acids is 1. The molecular weight excluding hydrogens is 442 g/mol. The van der Waals surface area contributed by atoms with Crippen LogP contribution in [-0.4, -0.2) is 25.8 Å². The van der Waals surface area contributed by atoms with Gasteiger partial charge in [0.2, 0.25) is 0 Å². The number of phenols is 1. The van der Waals surface area contributed by atoms with Gasteiger partial charge in [0.15, 0.2) is 5.69 Å². The van der Waals surface area contributed by atoms with Crippen LogP contribution in [0.15, 0.2) is 60.8 Å². The minimum Gasteiger partial charge on any atom is -0.508 e. The molecule has 0 aliphatic heterocycles. The molecule has 0 spiro atoms. The maximum absolute atomic E-state index is 13.1. The van der Waals surface area contributed by atoms with Crippen LogP contribution in [0, 0.1) is 12.7 Å². The fourth-order valence-corrected chi connectivity index (χ4v) is 3.61. The van der Waals surface area contributed by atoms with Crippen LogP contribution < -0.4 is 5.32 Å². The van der Waals surface area contributed by atoms with Gasteiger partial charge in [-0.25, -0.2) is 14.1 Å². The van der Waals surface area contributed by atoms with E-state index >= 15 is 0 Å². The van der Waals surface area contributed by atoms with Gasteiger partial charge < -0.3 is 10.4 Å². The van der Waals surface area contributed by atoms with Gasteiger partial charge in [0.1, 0.15) is 17.4 Å². The SMILES string of the molecule is Cc1c(C(=O)Nc2ccc(F)cn2)nn(-c2ccc(Cl)cc2Cl)c1-c1ccc(O)cc1. The lowest BCUT2D eigenvalue weighted by Gasteiger charge is -2.11. The van der Waals surface area contributed by atoms with E-state index in [2.05, 4.69) is 15.4 Å². The van der Waals surface area contributed by atoms with Crippen LogP contribution in [0.3, 0.4) is 0 Å². The van der Waals surface area contributed by atoms with Crippen molar-refractivity contribution in [3.63, 3.8) is 0 Å². The van der Waals surface area contributed by atoms with Crippen molar-refractivity contribution in [1.82, 2.24) is 14.8 Å². The highest BCUT2D eigenvalue weighted by Crippen LogP contribution is 2.33. The third-order valence-corrected chi connectivity index (χ3v) is 5.12. The van der Waals surface area contributed by atoms with Crippen molar-refractivity contribution < 1.29 is 14.3 Å². The van der Waals surface area contributed by atoms with Crippen LogP contribution >= 0.6 is 23.2 Å². The molecule has 0 bridgehead atoms. The summed E-state index contributed by atoms with van der Waals surface area (Å²) in [5, 5.41) is 17.6. The van der Waals surface area contributed by atoms with Gasteiger partial charge in [0, 0.05) is 16.1 Å². The van der Waals surface area contributed by atoms with Crippen LogP contribution in [0.5, 0.6) is 5.75 Å². The number of amides is 1. The number of rotatable bonds is 4. The van der Waals surface area contributed by atoms with E-state index in [9.17, 15) is 14.3 Å². The number of hydrogen-bond acceptors (Lipinski definition) is 4. The van der Waals surface area contributed by atoms with E-state index in [-0.39, 0.29) is 17.3 Å². The molecule has 0 fully saturated rings. The molecule has 1 amide bonds. The molecule has 2 aromatic heterocycles. The van der Waals surface area contributed by atoms with Crippen molar-refractivity contribution in [3.05, 3.63) is 87.9 Å². The predicted molar refractivity (Wildman–Crippen MR) is 118 cm³/mol. The lowest BCUT2D eigenvalue weighted by atomic mass is 10.1. The Morgan fingerprint density at radius 1 is 1.10 bits per heavy atom. The first-order valence-corrected chi connectivity index (χ1v) is 9.86. The Morgan fingerprint density at radius 2 is 1.84 bits per heavy atom. The first-order valence-electron chi connectivity index (χ1n) is 9.11. The molecule has 2 aromatic carbocycles. The number of aromatic nitrogens is 3. The molecule has 4 rings (SSSR count). The second-order valence-corrected chi connectivity index (χ2v) is 7.54. The first kappa shape index (κ1) is 20.8. The molecular formula is C22H15Cl2FN4O2. The number of carbonyl (C=O) groups is 1. The maximum Gasteiger partial charge on any atom is 0.277 e. The van der Waals surface area contributed by atoms with Gasteiger partial charge in [-0.3, -0.25) is 4.79 Å². The molecule has 156 valence electrons. The Bertz CT molecular complexity index is 1270. The highest BCUT2D eigenvalue weighted by molar-refractivity contribution is 6.35. The van der Waals surface area contributed by atoms with E-state index in [0.29, 0.717) is 32.6 Å². The van der Waals surface area contributed by atoms with Crippen LogP contribution in [0.4, 0.5) is 10.2 Å². The number of hydrogen-bond donors (Lipinski definition) is 2. The van der Waals surface area contributed by atoms with E-state index in [0.717, 1.165) is 6.20 Å². The van der Waals surface area contributed by atoms with Crippen LogP contribution in [0.1, 0.15) is 16.1 Å². The van der Waals surface area contributed by atoms with E-state index in [1.165, 1.54) is 24.3 Å². The van der Waals surface area contributed by atoms with Crippen LogP contribution in [0.25, 0.3) is 16.9 Å². The Balaban J connectivity index is 1.84. The van der Waals surface area contributed by atoms with Gasteiger partial charge in [-0.15, -0.1) is 0 Å². The molecule has 0 saturated carbocycles. The minimum absolute atomic E-state index is 0.109. The number of pyridine rings is 1. The van der Waals surface area contributed by atoms with Gasteiger partial charge in [-0.2, -0.15) is 5.10 Å². The number of halogens is 3. The second kappa shape index (κ2) is 8.37. The normalized spacial score (nSPS) is 10.8. The van der Waals surface area contributed by atoms with Gasteiger partial charge in [0.25, 0.3) is 5.91 Å². The second-order valence-electron chi connectivity index (χ2n) is 6.69. The predicted octanol–water partition coefficient (Wildman–Crippen LogP) is 5.65. The van der Waals surface area contributed by atoms with Crippen molar-refractivity contribution in [2.75, 3.05) is 5.32 Å². The van der Waals surface area contributed by atoms with Crippen molar-refractivity contribution in [2.45, 2.75) is 6.92 Å². The van der Waals surface area contributed by atoms with Crippen molar-refractivity contribution in [3.8, 4) is 22.7 Å². The summed E-state index contributed by atoms with van der Waals surface area (Å²) in [6, 6.07) is 14.0. The Labute approximate surface area is 186 Å². The summed E-state index contributed by atoms with van der Waals surface area (Å²) in [6.45, 7) is 1.75. The van der Waals surface area contributed by atoms with Crippen LogP contribution in [0.2, 0.25) is 10.0 Å². The number of nitrogens with one attached hydrogen (secondary N) is 1. The fraction of sp³-hybridized carbons (Fsp3) is 0.0455. The van der Waals surface area contributed by atoms with E-state index < -0.39 is 11.7 Å². The Hall–Kier alpha value is -3.42. The van der Waals surface area contributed by atoms with Crippen LogP contribution in [-0.2, 0) is 0 Å². The summed E-state index contributed by atoms with van der Waals surface area (Å²) in [7, 11) is 0. The molecule has 0 aliphatic rings. The molecule has 9 heteroatoms. The van der Waals surface area contributed by atoms with Gasteiger partial charge in [0.05, 0.1) is 22.6 Å². The van der Waals surface area contributed by atoms with Crippen molar-refractivity contribution in [2.24, 2.45) is 0 Å². The number of nitrogens with zero attached hydrogens (tertiary/aromatic N) is 3. The smallest absolute Gasteiger partial charge is 0.277 e. The summed E-state index contributed by atoms with van der Waals surface area (Å²) in [5.41, 5.74) is 2.57. The topological polar surface area (TPSA) is 80.0 Å². The maximum atomic E-state index is 13.1. The Kier molecular flexibility index (Phi) is 5.63. The average molecular weight is 457 g/mol. The van der Waals surface area contributed by atoms with E-state index in [1.54, 1.807) is 41.9 Å². The Morgan fingerprint density at radius 3 is 2.48 bits per heavy atom. The number of benzene rings is 2. The van der Waals surface area contributed by atoms with E-state index in [4.69, 9.17) is 23.2 Å². The summed E-state index contributed by atoms with van der Waals surface area (Å²) in [4.78, 5) is 16.8. The minimum atomic E-state index is -0.513. The molecule has 0 atom stereocenters. The summed E-state index contributed by atoms with van der Waals surface area (Å²) in [6.07, 6.45) is 1.01. The van der Waals surface area contributed by atoms with Crippen molar-refractivity contribution in [1.29, 1.82) is 0 Å². The van der Waals surface area contributed by atoms with Gasteiger partial charge in [-0.05, 0) is 61.5 Å². The van der Waals surface area contributed by atoms with E-state index in [1.807, 2.05) is 0 Å². The zero-order chi connectivity index (χ0) is 22.1. The lowest BCUT2D eigenvalue weighted by molar-refractivity contribution is 0.102.